The van der Waals surface area contributed by atoms with Gasteiger partial charge in [-0.3, -0.25) is 4.79 Å². The van der Waals surface area contributed by atoms with Crippen molar-refractivity contribution in [2.75, 3.05) is 17.2 Å². The first-order chi connectivity index (χ1) is 18.9. The monoisotopic (exact) mass is 577 g/mol. The largest absolute Gasteiger partial charge is 0.462 e. The van der Waals surface area contributed by atoms with E-state index >= 15 is 0 Å². The van der Waals surface area contributed by atoms with Crippen LogP contribution in [0.1, 0.15) is 71.9 Å². The number of carbonyl (C=O) groups excluding carboxylic acids is 1. The highest BCUT2D eigenvalue weighted by molar-refractivity contribution is 5.90. The summed E-state index contributed by atoms with van der Waals surface area (Å²) >= 11 is 0. The Bertz CT molecular complexity index is 1410. The van der Waals surface area contributed by atoms with Gasteiger partial charge in [0.15, 0.2) is 0 Å². The van der Waals surface area contributed by atoms with Gasteiger partial charge in [0.05, 0.1) is 17.0 Å². The number of hydrogen-bond acceptors (Lipinski definition) is 9. The summed E-state index contributed by atoms with van der Waals surface area (Å²) in [5, 5.41) is 25.0. The lowest BCUT2D eigenvalue weighted by atomic mass is 9.84. The molecule has 0 bridgehead atoms. The lowest BCUT2D eigenvalue weighted by Gasteiger charge is -2.33. The van der Waals surface area contributed by atoms with Crippen LogP contribution >= 0.6 is 0 Å². The zero-order chi connectivity index (χ0) is 30.3. The zero-order valence-corrected chi connectivity index (χ0v) is 24.4. The fraction of sp³-hybridized carbons (Fsp3) is 0.586. The van der Waals surface area contributed by atoms with E-state index in [1.807, 2.05) is 27.7 Å². The van der Waals surface area contributed by atoms with Gasteiger partial charge in [0, 0.05) is 30.0 Å². The van der Waals surface area contributed by atoms with Crippen LogP contribution in [0.5, 0.6) is 0 Å². The second-order valence-corrected chi connectivity index (χ2v) is 12.9. The average Bonchev–Trinajstić information content (AvgIpc) is 3.28. The van der Waals surface area contributed by atoms with Gasteiger partial charge in [-0.2, -0.15) is 13.2 Å². The van der Waals surface area contributed by atoms with Gasteiger partial charge in [0.1, 0.15) is 18.3 Å². The van der Waals surface area contributed by atoms with E-state index in [-0.39, 0.29) is 23.9 Å². The first kappa shape index (κ1) is 30.5. The highest BCUT2D eigenvalue weighted by atomic mass is 19.4. The predicted octanol–water partition coefficient (Wildman–Crippen LogP) is 6.15. The number of alkyl halides is 3. The van der Waals surface area contributed by atoms with E-state index < -0.39 is 35.8 Å². The van der Waals surface area contributed by atoms with Gasteiger partial charge in [-0.25, -0.2) is 4.98 Å². The van der Waals surface area contributed by atoms with Crippen LogP contribution < -0.4 is 10.6 Å². The first-order valence-corrected chi connectivity index (χ1v) is 13.6. The third kappa shape index (κ3) is 7.66. The normalized spacial score (nSPS) is 20.2. The molecule has 12 heteroatoms. The average molecular weight is 578 g/mol. The number of hydrogen-bond donors (Lipinski definition) is 3. The molecular weight excluding hydrogens is 539 g/mol. The van der Waals surface area contributed by atoms with Crippen LogP contribution in [0.25, 0.3) is 22.5 Å². The number of aromatic nitrogens is 3. The van der Waals surface area contributed by atoms with Gasteiger partial charge in [-0.05, 0) is 68.9 Å². The molecule has 2 heterocycles. The number of ether oxygens (including phenoxy) is 1. The summed E-state index contributed by atoms with van der Waals surface area (Å²) in [5.74, 6) is -0.158. The Morgan fingerprint density at radius 3 is 2.41 bits per heavy atom. The zero-order valence-electron chi connectivity index (χ0n) is 24.4. The van der Waals surface area contributed by atoms with Gasteiger partial charge in [0.25, 0.3) is 5.89 Å². The molecule has 0 unspecified atom stereocenters. The highest BCUT2D eigenvalue weighted by Crippen LogP contribution is 2.36. The summed E-state index contributed by atoms with van der Waals surface area (Å²) < 4.78 is 50.1. The van der Waals surface area contributed by atoms with Crippen molar-refractivity contribution in [1.29, 1.82) is 0 Å². The van der Waals surface area contributed by atoms with Crippen molar-refractivity contribution in [3.05, 3.63) is 29.3 Å². The number of halogens is 3. The maximum Gasteiger partial charge on any atom is 0.405 e. The number of carbonyl (C=O) groups is 1. The Kier molecular flexibility index (Phi) is 8.28. The van der Waals surface area contributed by atoms with Gasteiger partial charge in [-0.1, -0.05) is 25.9 Å². The molecule has 1 aliphatic carbocycles. The second-order valence-electron chi connectivity index (χ2n) is 12.9. The number of rotatable bonds is 6. The second kappa shape index (κ2) is 11.1. The minimum Gasteiger partial charge on any atom is -0.462 e. The maximum atomic E-state index is 12.9. The molecule has 4 rings (SSSR count). The molecule has 1 aliphatic rings. The van der Waals surface area contributed by atoms with Crippen molar-refractivity contribution in [3.63, 3.8) is 0 Å². The summed E-state index contributed by atoms with van der Waals surface area (Å²) in [6, 6.07) is 5.00. The number of benzene rings is 1. The van der Waals surface area contributed by atoms with Gasteiger partial charge < -0.3 is 24.9 Å². The number of aliphatic hydroxyl groups excluding tert-OH is 1. The van der Waals surface area contributed by atoms with Crippen molar-refractivity contribution in [1.82, 2.24) is 15.2 Å². The summed E-state index contributed by atoms with van der Waals surface area (Å²) in [5.41, 5.74) is 1.93. The lowest BCUT2D eigenvalue weighted by molar-refractivity contribution is -0.161. The summed E-state index contributed by atoms with van der Waals surface area (Å²) in [6.45, 7) is 12.0. The topological polar surface area (TPSA) is 122 Å². The van der Waals surface area contributed by atoms with Crippen LogP contribution in [0.2, 0.25) is 0 Å². The number of nitrogens with one attached hydrogen (secondary N) is 2. The Morgan fingerprint density at radius 1 is 1.07 bits per heavy atom. The Labute approximate surface area is 237 Å². The van der Waals surface area contributed by atoms with Crippen molar-refractivity contribution in [2.24, 2.45) is 5.41 Å². The number of fused-ring (bicyclic) bond motifs is 1. The van der Waals surface area contributed by atoms with E-state index in [2.05, 4.69) is 20.8 Å². The maximum absolute atomic E-state index is 12.9. The van der Waals surface area contributed by atoms with Crippen molar-refractivity contribution in [2.45, 2.75) is 97.6 Å². The molecule has 1 fully saturated rings. The van der Waals surface area contributed by atoms with Gasteiger partial charge >= 0.3 is 18.2 Å². The van der Waals surface area contributed by atoms with E-state index in [0.29, 0.717) is 36.2 Å². The molecule has 9 nitrogen and oxygen atoms in total. The van der Waals surface area contributed by atoms with Gasteiger partial charge in [-0.15, -0.1) is 5.10 Å². The third-order valence-corrected chi connectivity index (χ3v) is 6.92. The quantitative estimate of drug-likeness (QED) is 0.296. The van der Waals surface area contributed by atoms with Crippen LogP contribution in [-0.4, -0.2) is 57.2 Å². The fourth-order valence-corrected chi connectivity index (χ4v) is 4.82. The molecule has 3 N–H and O–H groups in total. The Morgan fingerprint density at radius 2 is 1.78 bits per heavy atom. The molecule has 3 atom stereocenters. The van der Waals surface area contributed by atoms with Crippen LogP contribution in [0.3, 0.4) is 0 Å². The first-order valence-electron chi connectivity index (χ1n) is 13.6. The molecule has 0 amide bonds. The fourth-order valence-electron chi connectivity index (χ4n) is 4.82. The molecule has 0 aliphatic heterocycles. The molecule has 0 spiro atoms. The summed E-state index contributed by atoms with van der Waals surface area (Å²) in [6.07, 6.45) is -4.18. The number of anilines is 2. The highest BCUT2D eigenvalue weighted by Gasteiger charge is 2.34. The number of aryl methyl sites for hydroxylation is 1. The van der Waals surface area contributed by atoms with E-state index in [1.165, 1.54) is 0 Å². The minimum atomic E-state index is -4.34. The molecule has 1 saturated carbocycles. The molecule has 224 valence electrons. The molecule has 0 saturated heterocycles. The predicted molar refractivity (Wildman–Crippen MR) is 150 cm³/mol. The Balaban J connectivity index is 1.58. The smallest absolute Gasteiger partial charge is 0.405 e. The van der Waals surface area contributed by atoms with Crippen molar-refractivity contribution in [3.8, 4) is 11.6 Å². The van der Waals surface area contributed by atoms with E-state index in [1.54, 1.807) is 39.0 Å². The van der Waals surface area contributed by atoms with Gasteiger partial charge in [0.2, 0.25) is 0 Å². The molecule has 0 radical (unpaired) electrons. The van der Waals surface area contributed by atoms with E-state index in [4.69, 9.17) is 14.1 Å². The van der Waals surface area contributed by atoms with E-state index in [9.17, 15) is 23.1 Å². The molecule has 2 aromatic heterocycles. The van der Waals surface area contributed by atoms with Crippen LogP contribution in [-0.2, 0) is 14.9 Å². The van der Waals surface area contributed by atoms with E-state index in [0.717, 1.165) is 16.5 Å². The molecule has 3 aromatic rings. The number of esters is 1. The molecular formula is C29H38F3N5O4. The van der Waals surface area contributed by atoms with Crippen LogP contribution in [0.15, 0.2) is 22.6 Å². The number of pyridine rings is 1. The standard InChI is InChI=1S/C29H38F3N5O4/c1-15-8-22(35-23-20(15)11-16(33-14-29(30,31)32)12-21(23)27(2,3)4)24-36-37-26(41-24)34-17-9-18(38)13-19(10-17)40-25(39)28(5,6)7/h8,11-12,17-19,33,38H,9-10,13-14H2,1-7H3,(H,34,37)/t17-,18-,19-/m1/s1. The van der Waals surface area contributed by atoms with Crippen molar-refractivity contribution < 1.29 is 32.2 Å². The third-order valence-electron chi connectivity index (χ3n) is 6.92. The lowest BCUT2D eigenvalue weighted by Crippen LogP contribution is -2.40. The van der Waals surface area contributed by atoms with Crippen LogP contribution in [0.4, 0.5) is 24.9 Å². The number of nitrogens with zero attached hydrogens (tertiary/aromatic N) is 3. The summed E-state index contributed by atoms with van der Waals surface area (Å²) in [7, 11) is 0. The SMILES string of the molecule is Cc1cc(-c2nnc(N[C@@H]3C[C@@H](O)C[C@H](OC(=O)C(C)(C)C)C3)o2)nc2c(C(C)(C)C)cc(NCC(F)(F)F)cc12. The summed E-state index contributed by atoms with van der Waals surface area (Å²) in [4.78, 5) is 17.1. The molecule has 41 heavy (non-hydrogen) atoms. The Hall–Kier alpha value is -3.41. The molecule has 1 aromatic carbocycles. The number of aliphatic hydroxyl groups is 1. The minimum absolute atomic E-state index is 0.141. The van der Waals surface area contributed by atoms with Crippen LogP contribution in [0, 0.1) is 12.3 Å². The van der Waals surface area contributed by atoms with Crippen molar-refractivity contribution >= 4 is 28.6 Å².